The Morgan fingerprint density at radius 1 is 1.11 bits per heavy atom. The number of urea groups is 1. The maximum atomic E-state index is 11.7. The number of aryl methyl sites for hydroxylation is 1. The van der Waals surface area contributed by atoms with Crippen LogP contribution < -0.4 is 5.32 Å². The summed E-state index contributed by atoms with van der Waals surface area (Å²) in [5.74, 6) is 0. The first-order valence-corrected chi connectivity index (χ1v) is 6.56. The van der Waals surface area contributed by atoms with Crippen LogP contribution >= 0.6 is 0 Å². The van der Waals surface area contributed by atoms with Crippen molar-refractivity contribution in [3.05, 3.63) is 35.9 Å². The topological polar surface area (TPSA) is 72.8 Å². The fourth-order valence-corrected chi connectivity index (χ4v) is 1.80. The Labute approximate surface area is 113 Å². The quantitative estimate of drug-likeness (QED) is 0.604. The fraction of sp³-hybridized carbons (Fsp3) is 0.500. The highest BCUT2D eigenvalue weighted by atomic mass is 16.3. The summed E-state index contributed by atoms with van der Waals surface area (Å²) in [7, 11) is 0. The second-order valence-electron chi connectivity index (χ2n) is 4.26. The highest BCUT2D eigenvalue weighted by molar-refractivity contribution is 5.74. The summed E-state index contributed by atoms with van der Waals surface area (Å²) in [6.45, 7) is 0.867. The van der Waals surface area contributed by atoms with Gasteiger partial charge in [-0.25, -0.2) is 4.79 Å². The predicted molar refractivity (Wildman–Crippen MR) is 73.9 cm³/mol. The second-order valence-corrected chi connectivity index (χ2v) is 4.26. The Bertz CT molecular complexity index is 351. The lowest BCUT2D eigenvalue weighted by molar-refractivity contribution is 0.158. The van der Waals surface area contributed by atoms with Crippen molar-refractivity contribution in [2.45, 2.75) is 12.8 Å². The molecule has 0 bridgehead atoms. The maximum Gasteiger partial charge on any atom is 0.317 e. The van der Waals surface area contributed by atoms with Crippen LogP contribution in [0.2, 0.25) is 0 Å². The molecule has 0 atom stereocenters. The molecule has 1 aromatic rings. The van der Waals surface area contributed by atoms with Gasteiger partial charge in [0, 0.05) is 19.6 Å². The molecule has 0 spiro atoms. The lowest BCUT2D eigenvalue weighted by Crippen LogP contribution is -2.43. The summed E-state index contributed by atoms with van der Waals surface area (Å²) in [6.07, 6.45) is 1.78. The number of aliphatic hydroxyl groups is 2. The summed E-state index contributed by atoms with van der Waals surface area (Å²) in [5, 5.41) is 20.4. The van der Waals surface area contributed by atoms with Gasteiger partial charge in [-0.2, -0.15) is 0 Å². The van der Waals surface area contributed by atoms with Crippen LogP contribution in [-0.2, 0) is 6.42 Å². The Hall–Kier alpha value is -1.59. The van der Waals surface area contributed by atoms with Gasteiger partial charge in [0.1, 0.15) is 0 Å². The van der Waals surface area contributed by atoms with Gasteiger partial charge in [-0.05, 0) is 18.4 Å². The summed E-state index contributed by atoms with van der Waals surface area (Å²) in [5.41, 5.74) is 1.25. The molecule has 19 heavy (non-hydrogen) atoms. The molecule has 2 amide bonds. The molecule has 1 rings (SSSR count). The van der Waals surface area contributed by atoms with E-state index in [2.05, 4.69) is 17.4 Å². The van der Waals surface area contributed by atoms with E-state index in [-0.39, 0.29) is 32.3 Å². The van der Waals surface area contributed by atoms with Gasteiger partial charge in [0.2, 0.25) is 0 Å². The first-order valence-electron chi connectivity index (χ1n) is 6.56. The van der Waals surface area contributed by atoms with Crippen LogP contribution in [0.25, 0.3) is 0 Å². The Morgan fingerprint density at radius 3 is 2.32 bits per heavy atom. The molecule has 5 heteroatoms. The van der Waals surface area contributed by atoms with Crippen LogP contribution in [0.3, 0.4) is 0 Å². The van der Waals surface area contributed by atoms with Crippen molar-refractivity contribution in [1.82, 2.24) is 10.2 Å². The van der Waals surface area contributed by atoms with Crippen LogP contribution in [0, 0.1) is 0 Å². The minimum absolute atomic E-state index is 0.0998. The highest BCUT2D eigenvalue weighted by Gasteiger charge is 2.10. The van der Waals surface area contributed by atoms with E-state index in [1.165, 1.54) is 10.5 Å². The van der Waals surface area contributed by atoms with Crippen LogP contribution in [0.15, 0.2) is 30.3 Å². The normalized spacial score (nSPS) is 10.2. The van der Waals surface area contributed by atoms with Gasteiger partial charge in [0.25, 0.3) is 0 Å². The number of rotatable bonds is 8. The Morgan fingerprint density at radius 2 is 1.74 bits per heavy atom. The molecule has 0 radical (unpaired) electrons. The van der Waals surface area contributed by atoms with Crippen molar-refractivity contribution in [2.75, 3.05) is 32.8 Å². The molecule has 0 fully saturated rings. The molecule has 5 nitrogen and oxygen atoms in total. The lowest BCUT2D eigenvalue weighted by atomic mass is 10.1. The molecule has 0 heterocycles. The van der Waals surface area contributed by atoms with E-state index in [0.717, 1.165) is 12.8 Å². The molecule has 0 aliphatic rings. The number of amides is 2. The van der Waals surface area contributed by atoms with Crippen molar-refractivity contribution in [1.29, 1.82) is 0 Å². The standard InChI is InChI=1S/C14H22N2O3/c17-11-9-16(10-12-18)14(19)15-8-4-7-13-5-2-1-3-6-13/h1-3,5-6,17-18H,4,7-12H2,(H,15,19). The predicted octanol–water partition coefficient (Wildman–Crippen LogP) is 0.615. The molecular formula is C14H22N2O3. The van der Waals surface area contributed by atoms with Crippen LogP contribution in [0.5, 0.6) is 0 Å². The number of hydrogen-bond donors (Lipinski definition) is 3. The number of carbonyl (C=O) groups is 1. The number of benzene rings is 1. The van der Waals surface area contributed by atoms with Gasteiger partial charge in [0.15, 0.2) is 0 Å². The van der Waals surface area contributed by atoms with Crippen molar-refractivity contribution >= 4 is 6.03 Å². The average Bonchev–Trinajstić information content (AvgIpc) is 2.44. The molecule has 0 aromatic heterocycles. The Kier molecular flexibility index (Phi) is 7.62. The van der Waals surface area contributed by atoms with E-state index in [1.54, 1.807) is 0 Å². The molecule has 106 valence electrons. The van der Waals surface area contributed by atoms with Crippen molar-refractivity contribution in [2.24, 2.45) is 0 Å². The van der Waals surface area contributed by atoms with E-state index in [4.69, 9.17) is 10.2 Å². The molecule has 1 aromatic carbocycles. The van der Waals surface area contributed by atoms with Crippen LogP contribution in [0.4, 0.5) is 4.79 Å². The molecule has 0 saturated carbocycles. The molecular weight excluding hydrogens is 244 g/mol. The zero-order valence-corrected chi connectivity index (χ0v) is 11.1. The van der Waals surface area contributed by atoms with Crippen LogP contribution in [-0.4, -0.2) is 54.0 Å². The average molecular weight is 266 g/mol. The minimum atomic E-state index is -0.240. The van der Waals surface area contributed by atoms with E-state index in [0.29, 0.717) is 6.54 Å². The second kappa shape index (κ2) is 9.35. The summed E-state index contributed by atoms with van der Waals surface area (Å²) in [6, 6.07) is 9.86. The number of aliphatic hydroxyl groups excluding tert-OH is 2. The number of hydrogen-bond acceptors (Lipinski definition) is 3. The SMILES string of the molecule is O=C(NCCCc1ccccc1)N(CCO)CCO. The van der Waals surface area contributed by atoms with Crippen LogP contribution in [0.1, 0.15) is 12.0 Å². The number of nitrogens with one attached hydrogen (secondary N) is 1. The van der Waals surface area contributed by atoms with Crippen molar-refractivity contribution in [3.63, 3.8) is 0 Å². The third-order valence-electron chi connectivity index (χ3n) is 2.79. The zero-order valence-electron chi connectivity index (χ0n) is 11.1. The summed E-state index contributed by atoms with van der Waals surface area (Å²) < 4.78 is 0. The van der Waals surface area contributed by atoms with Crippen molar-refractivity contribution < 1.29 is 15.0 Å². The number of carbonyl (C=O) groups excluding carboxylic acids is 1. The van der Waals surface area contributed by atoms with Crippen molar-refractivity contribution in [3.8, 4) is 0 Å². The number of nitrogens with zero attached hydrogens (tertiary/aromatic N) is 1. The van der Waals surface area contributed by atoms with E-state index < -0.39 is 0 Å². The smallest absolute Gasteiger partial charge is 0.317 e. The molecule has 0 saturated heterocycles. The third-order valence-corrected chi connectivity index (χ3v) is 2.79. The molecule has 3 N–H and O–H groups in total. The van der Waals surface area contributed by atoms with Gasteiger partial charge >= 0.3 is 6.03 Å². The lowest BCUT2D eigenvalue weighted by Gasteiger charge is -2.21. The van der Waals surface area contributed by atoms with Gasteiger partial charge in [-0.3, -0.25) is 0 Å². The fourth-order valence-electron chi connectivity index (χ4n) is 1.80. The first-order chi connectivity index (χ1) is 9.27. The monoisotopic (exact) mass is 266 g/mol. The third kappa shape index (κ3) is 6.22. The van der Waals surface area contributed by atoms with Gasteiger partial charge in [-0.15, -0.1) is 0 Å². The zero-order chi connectivity index (χ0) is 13.9. The van der Waals surface area contributed by atoms with Gasteiger partial charge < -0.3 is 20.4 Å². The maximum absolute atomic E-state index is 11.7. The summed E-state index contributed by atoms with van der Waals surface area (Å²) in [4.78, 5) is 13.1. The van der Waals surface area contributed by atoms with E-state index in [9.17, 15) is 4.79 Å². The van der Waals surface area contributed by atoms with Gasteiger partial charge in [0.05, 0.1) is 13.2 Å². The highest BCUT2D eigenvalue weighted by Crippen LogP contribution is 2.01. The molecule has 0 aliphatic carbocycles. The molecule has 0 aliphatic heterocycles. The summed E-state index contributed by atoms with van der Waals surface area (Å²) >= 11 is 0. The van der Waals surface area contributed by atoms with Gasteiger partial charge in [-0.1, -0.05) is 30.3 Å². The Balaban J connectivity index is 2.22. The molecule has 0 unspecified atom stereocenters. The van der Waals surface area contributed by atoms with E-state index in [1.807, 2.05) is 18.2 Å². The first kappa shape index (κ1) is 15.5. The van der Waals surface area contributed by atoms with E-state index >= 15 is 0 Å². The largest absolute Gasteiger partial charge is 0.395 e. The minimum Gasteiger partial charge on any atom is -0.395 e.